The highest BCUT2D eigenvalue weighted by Crippen LogP contribution is 2.27. The maximum atomic E-state index is 12.8. The van der Waals surface area contributed by atoms with E-state index in [0.29, 0.717) is 49.3 Å². The van der Waals surface area contributed by atoms with Crippen molar-refractivity contribution in [2.24, 2.45) is 0 Å². The molecule has 0 bridgehead atoms. The van der Waals surface area contributed by atoms with E-state index < -0.39 is 0 Å². The molecule has 1 aromatic heterocycles. The minimum Gasteiger partial charge on any atom is -0.335 e. The zero-order valence-electron chi connectivity index (χ0n) is 21.2. The number of nitrogens with zero attached hydrogens (tertiary/aromatic N) is 3. The number of pyridine rings is 1. The number of anilines is 1. The molecule has 1 N–H and O–H groups in total. The van der Waals surface area contributed by atoms with E-state index >= 15 is 0 Å². The number of amides is 4. The number of nitrogens with one attached hydrogen (secondary N) is 1. The summed E-state index contributed by atoms with van der Waals surface area (Å²) in [5, 5.41) is 2.76. The Balaban J connectivity index is 1.09. The van der Waals surface area contributed by atoms with Crippen molar-refractivity contribution >= 4 is 41.1 Å². The van der Waals surface area contributed by atoms with Crippen molar-refractivity contribution in [3.63, 3.8) is 0 Å². The molecule has 0 spiro atoms. The fourth-order valence-electron chi connectivity index (χ4n) is 5.20. The standard InChI is InChI=1S/C31H26N4O4/c36-27-10-9-24-16-20(18-32-29(24)33-27)8-11-28(37)34-14-12-22(13-15-34)23-5-3-4-21(17-23)19-35-30(38)25-6-1-2-7-26(25)31(35)39/h1-8,11-12,16-18H,9-10,13-15,19H2,(H,32,33,36). The second-order valence-electron chi connectivity index (χ2n) is 9.86. The molecule has 8 heteroatoms. The second kappa shape index (κ2) is 10.1. The van der Waals surface area contributed by atoms with Crippen LogP contribution in [-0.4, -0.2) is 51.5 Å². The van der Waals surface area contributed by atoms with Crippen molar-refractivity contribution in [2.45, 2.75) is 25.8 Å². The molecule has 194 valence electrons. The normalized spacial score (nSPS) is 16.7. The van der Waals surface area contributed by atoms with Crippen LogP contribution in [0.3, 0.4) is 0 Å². The van der Waals surface area contributed by atoms with Gasteiger partial charge >= 0.3 is 0 Å². The van der Waals surface area contributed by atoms with Crippen LogP contribution in [0, 0.1) is 0 Å². The molecule has 6 rings (SSSR count). The van der Waals surface area contributed by atoms with Gasteiger partial charge in [-0.3, -0.25) is 24.1 Å². The summed E-state index contributed by atoms with van der Waals surface area (Å²) >= 11 is 0. The lowest BCUT2D eigenvalue weighted by atomic mass is 9.97. The van der Waals surface area contributed by atoms with Gasteiger partial charge in [-0.2, -0.15) is 0 Å². The summed E-state index contributed by atoms with van der Waals surface area (Å²) in [7, 11) is 0. The quantitative estimate of drug-likeness (QED) is 0.405. The average Bonchev–Trinajstić information content (AvgIpc) is 3.21. The molecule has 0 fully saturated rings. The molecule has 0 saturated carbocycles. The lowest BCUT2D eigenvalue weighted by Gasteiger charge is -2.26. The Kier molecular flexibility index (Phi) is 6.36. The van der Waals surface area contributed by atoms with Gasteiger partial charge in [-0.25, -0.2) is 4.98 Å². The maximum absolute atomic E-state index is 12.8. The van der Waals surface area contributed by atoms with E-state index in [-0.39, 0.29) is 30.2 Å². The number of rotatable bonds is 5. The number of aromatic nitrogens is 1. The summed E-state index contributed by atoms with van der Waals surface area (Å²) in [4.78, 5) is 57.2. The van der Waals surface area contributed by atoms with E-state index in [1.54, 1.807) is 47.5 Å². The van der Waals surface area contributed by atoms with Gasteiger partial charge in [-0.1, -0.05) is 36.4 Å². The molecule has 0 atom stereocenters. The summed E-state index contributed by atoms with van der Waals surface area (Å²) in [5.74, 6) is -0.0385. The monoisotopic (exact) mass is 518 g/mol. The number of imide groups is 1. The largest absolute Gasteiger partial charge is 0.335 e. The fraction of sp³-hybridized carbons (Fsp3) is 0.194. The summed E-state index contributed by atoms with van der Waals surface area (Å²) in [6.45, 7) is 1.30. The van der Waals surface area contributed by atoms with Gasteiger partial charge in [0.05, 0.1) is 17.7 Å². The van der Waals surface area contributed by atoms with Crippen LogP contribution in [-0.2, 0) is 22.6 Å². The molecule has 0 unspecified atom stereocenters. The molecule has 8 nitrogen and oxygen atoms in total. The van der Waals surface area contributed by atoms with Crippen LogP contribution in [0.4, 0.5) is 5.82 Å². The van der Waals surface area contributed by atoms with Crippen LogP contribution in [0.15, 0.2) is 72.9 Å². The summed E-state index contributed by atoms with van der Waals surface area (Å²) in [6.07, 6.45) is 8.81. The first kappa shape index (κ1) is 24.5. The third-order valence-electron chi connectivity index (χ3n) is 7.32. The molecule has 4 heterocycles. The van der Waals surface area contributed by atoms with Gasteiger partial charge in [0.25, 0.3) is 11.8 Å². The summed E-state index contributed by atoms with van der Waals surface area (Å²) in [5.41, 5.74) is 5.73. The Morgan fingerprint density at radius 2 is 1.74 bits per heavy atom. The summed E-state index contributed by atoms with van der Waals surface area (Å²) in [6, 6.07) is 16.7. The van der Waals surface area contributed by atoms with Gasteiger partial charge < -0.3 is 10.2 Å². The van der Waals surface area contributed by atoms with E-state index in [2.05, 4.69) is 16.4 Å². The number of fused-ring (bicyclic) bond motifs is 2. The lowest BCUT2D eigenvalue weighted by Crippen LogP contribution is -2.33. The molecule has 0 aliphatic carbocycles. The van der Waals surface area contributed by atoms with E-state index in [9.17, 15) is 19.2 Å². The van der Waals surface area contributed by atoms with Crippen molar-refractivity contribution in [3.05, 3.63) is 106 Å². The molecule has 2 aromatic carbocycles. The Bertz CT molecular complexity index is 1550. The predicted octanol–water partition coefficient (Wildman–Crippen LogP) is 4.09. The molecule has 0 radical (unpaired) electrons. The van der Waals surface area contributed by atoms with Crippen LogP contribution >= 0.6 is 0 Å². The summed E-state index contributed by atoms with van der Waals surface area (Å²) < 4.78 is 0. The van der Waals surface area contributed by atoms with Gasteiger partial charge in [0.15, 0.2) is 0 Å². The van der Waals surface area contributed by atoms with Gasteiger partial charge in [0.1, 0.15) is 5.82 Å². The Hall–Kier alpha value is -4.85. The molecule has 39 heavy (non-hydrogen) atoms. The highest BCUT2D eigenvalue weighted by Gasteiger charge is 2.35. The van der Waals surface area contributed by atoms with Crippen molar-refractivity contribution < 1.29 is 19.2 Å². The molecule has 0 saturated heterocycles. The van der Waals surface area contributed by atoms with E-state index in [1.165, 1.54) is 4.90 Å². The SMILES string of the molecule is O=C1CCc2cc(C=CC(=O)N3CC=C(c4cccc(CN5C(=O)c6ccccc6C5=O)c4)CC3)cnc2N1. The van der Waals surface area contributed by atoms with Gasteiger partial charge in [0, 0.05) is 31.8 Å². The number of carbonyl (C=O) groups excluding carboxylic acids is 4. The van der Waals surface area contributed by atoms with Gasteiger partial charge in [-0.05, 0) is 71.0 Å². The molecule has 3 aromatic rings. The van der Waals surface area contributed by atoms with Crippen molar-refractivity contribution in [3.8, 4) is 0 Å². The third-order valence-corrected chi connectivity index (χ3v) is 7.32. The van der Waals surface area contributed by atoms with Crippen LogP contribution < -0.4 is 5.32 Å². The van der Waals surface area contributed by atoms with Crippen molar-refractivity contribution in [1.82, 2.24) is 14.8 Å². The van der Waals surface area contributed by atoms with Gasteiger partial charge in [-0.15, -0.1) is 0 Å². The fourth-order valence-corrected chi connectivity index (χ4v) is 5.20. The third kappa shape index (κ3) is 4.88. The van der Waals surface area contributed by atoms with Crippen LogP contribution in [0.1, 0.15) is 55.8 Å². The van der Waals surface area contributed by atoms with E-state index in [0.717, 1.165) is 27.8 Å². The predicted molar refractivity (Wildman–Crippen MR) is 146 cm³/mol. The highest BCUT2D eigenvalue weighted by molar-refractivity contribution is 6.21. The van der Waals surface area contributed by atoms with Crippen LogP contribution in [0.5, 0.6) is 0 Å². The molecule has 3 aliphatic heterocycles. The molecular weight excluding hydrogens is 492 g/mol. The van der Waals surface area contributed by atoms with Crippen molar-refractivity contribution in [1.29, 1.82) is 0 Å². The number of benzene rings is 2. The molecule has 4 amide bonds. The topological polar surface area (TPSA) is 99.7 Å². The Morgan fingerprint density at radius 1 is 0.949 bits per heavy atom. The minimum absolute atomic E-state index is 0.0273. The number of aryl methyl sites for hydroxylation is 1. The Labute approximate surface area is 225 Å². The number of carbonyl (C=O) groups is 4. The highest BCUT2D eigenvalue weighted by atomic mass is 16.2. The van der Waals surface area contributed by atoms with E-state index in [1.807, 2.05) is 30.3 Å². The van der Waals surface area contributed by atoms with E-state index in [4.69, 9.17) is 0 Å². The first-order valence-electron chi connectivity index (χ1n) is 13.0. The zero-order chi connectivity index (χ0) is 26.9. The Morgan fingerprint density at radius 3 is 2.49 bits per heavy atom. The molecular formula is C31H26N4O4. The minimum atomic E-state index is -0.266. The first-order valence-corrected chi connectivity index (χ1v) is 13.0. The maximum Gasteiger partial charge on any atom is 0.261 e. The number of hydrogen-bond donors (Lipinski definition) is 1. The van der Waals surface area contributed by atoms with Crippen LogP contribution in [0.25, 0.3) is 11.6 Å². The van der Waals surface area contributed by atoms with Gasteiger partial charge in [0.2, 0.25) is 11.8 Å². The molecule has 3 aliphatic rings. The smallest absolute Gasteiger partial charge is 0.261 e. The average molecular weight is 519 g/mol. The zero-order valence-corrected chi connectivity index (χ0v) is 21.2. The van der Waals surface area contributed by atoms with Crippen molar-refractivity contribution in [2.75, 3.05) is 18.4 Å². The van der Waals surface area contributed by atoms with Crippen LogP contribution in [0.2, 0.25) is 0 Å². The second-order valence-corrected chi connectivity index (χ2v) is 9.86. The first-order chi connectivity index (χ1) is 19.0. The lowest BCUT2D eigenvalue weighted by molar-refractivity contribution is -0.125. The number of hydrogen-bond acceptors (Lipinski definition) is 5.